The number of nitrogens with zero attached hydrogens (tertiary/aromatic N) is 1. The maximum absolute atomic E-state index is 14.0. The molecule has 3 rings (SSSR count). The summed E-state index contributed by atoms with van der Waals surface area (Å²) in [7, 11) is 3.23. The second kappa shape index (κ2) is 6.84. The van der Waals surface area contributed by atoms with E-state index in [9.17, 15) is 14.0 Å². The topological polar surface area (TPSA) is 49.4 Å². The van der Waals surface area contributed by atoms with Gasteiger partial charge in [0.2, 0.25) is 5.91 Å². The molecule has 2 aromatic carbocycles. The normalized spacial score (nSPS) is 18.6. The number of nitrogens with one attached hydrogen (secondary N) is 1. The largest absolute Gasteiger partial charge is 0.345 e. The zero-order valence-electron chi connectivity index (χ0n) is 13.9. The van der Waals surface area contributed by atoms with Crippen LogP contribution in [0.25, 0.3) is 0 Å². The van der Waals surface area contributed by atoms with Crippen LogP contribution in [0, 0.1) is 11.7 Å². The molecule has 0 saturated heterocycles. The third kappa shape index (κ3) is 3.82. The van der Waals surface area contributed by atoms with Crippen molar-refractivity contribution in [2.45, 2.75) is 12.3 Å². The van der Waals surface area contributed by atoms with Gasteiger partial charge in [-0.2, -0.15) is 0 Å². The summed E-state index contributed by atoms with van der Waals surface area (Å²) in [4.78, 5) is 25.8. The van der Waals surface area contributed by atoms with Crippen LogP contribution in [-0.2, 0) is 4.79 Å². The molecule has 1 fully saturated rings. The average Bonchev–Trinajstić information content (AvgIpc) is 3.37. The maximum Gasteiger partial charge on any atom is 0.253 e. The van der Waals surface area contributed by atoms with Crippen LogP contribution in [-0.4, -0.2) is 30.8 Å². The summed E-state index contributed by atoms with van der Waals surface area (Å²) in [6.07, 6.45) is 0.699. The van der Waals surface area contributed by atoms with E-state index in [0.717, 1.165) is 5.56 Å². The van der Waals surface area contributed by atoms with Gasteiger partial charge in [0.05, 0.1) is 5.69 Å². The first kappa shape index (κ1) is 17.4. The minimum absolute atomic E-state index is 0.0226. The van der Waals surface area contributed by atoms with Gasteiger partial charge in [0, 0.05) is 30.6 Å². The molecular formula is C19H18ClFN2O2. The van der Waals surface area contributed by atoms with Crippen LogP contribution < -0.4 is 5.32 Å². The van der Waals surface area contributed by atoms with E-state index in [-0.39, 0.29) is 29.3 Å². The number of anilines is 1. The van der Waals surface area contributed by atoms with Gasteiger partial charge in [-0.25, -0.2) is 4.39 Å². The Labute approximate surface area is 150 Å². The first-order valence-corrected chi connectivity index (χ1v) is 8.32. The summed E-state index contributed by atoms with van der Waals surface area (Å²) in [5.41, 5.74) is 1.35. The minimum Gasteiger partial charge on any atom is -0.345 e. The van der Waals surface area contributed by atoms with Crippen molar-refractivity contribution in [3.05, 3.63) is 64.4 Å². The summed E-state index contributed by atoms with van der Waals surface area (Å²) >= 11 is 5.98. The summed E-state index contributed by atoms with van der Waals surface area (Å²) in [6.45, 7) is 0. The predicted molar refractivity (Wildman–Crippen MR) is 95.3 cm³/mol. The fraction of sp³-hybridized carbons (Fsp3) is 0.263. The van der Waals surface area contributed by atoms with Crippen molar-refractivity contribution in [2.75, 3.05) is 19.4 Å². The highest BCUT2D eigenvalue weighted by atomic mass is 35.5. The second-order valence-corrected chi connectivity index (χ2v) is 6.82. The molecule has 4 nitrogen and oxygen atoms in total. The van der Waals surface area contributed by atoms with E-state index in [2.05, 4.69) is 5.32 Å². The van der Waals surface area contributed by atoms with Crippen molar-refractivity contribution in [2.24, 2.45) is 5.92 Å². The SMILES string of the molecule is CN(C)C(=O)c1ccc(F)c(NC(=O)C2CC2c2cccc(Cl)c2)c1. The van der Waals surface area contributed by atoms with Crippen LogP contribution in [0.15, 0.2) is 42.5 Å². The van der Waals surface area contributed by atoms with Gasteiger partial charge in [-0.1, -0.05) is 23.7 Å². The van der Waals surface area contributed by atoms with E-state index in [1.165, 1.54) is 23.1 Å². The molecule has 6 heteroatoms. The number of benzene rings is 2. The molecule has 0 aliphatic heterocycles. The van der Waals surface area contributed by atoms with E-state index in [0.29, 0.717) is 17.0 Å². The van der Waals surface area contributed by atoms with Crippen molar-refractivity contribution in [3.63, 3.8) is 0 Å². The first-order chi connectivity index (χ1) is 11.9. The van der Waals surface area contributed by atoms with Gasteiger partial charge in [-0.15, -0.1) is 0 Å². The Hall–Kier alpha value is -2.40. The first-order valence-electron chi connectivity index (χ1n) is 7.94. The lowest BCUT2D eigenvalue weighted by Gasteiger charge is -2.12. The predicted octanol–water partition coefficient (Wildman–Crippen LogP) is 3.92. The Bertz CT molecular complexity index is 838. The Balaban J connectivity index is 1.72. The summed E-state index contributed by atoms with van der Waals surface area (Å²) in [5, 5.41) is 3.23. The number of hydrogen-bond acceptors (Lipinski definition) is 2. The zero-order chi connectivity index (χ0) is 18.1. The van der Waals surface area contributed by atoms with E-state index in [4.69, 9.17) is 11.6 Å². The quantitative estimate of drug-likeness (QED) is 0.898. The molecule has 2 unspecified atom stereocenters. The lowest BCUT2D eigenvalue weighted by Crippen LogP contribution is -2.22. The Morgan fingerprint density at radius 3 is 2.64 bits per heavy atom. The van der Waals surface area contributed by atoms with Crippen molar-refractivity contribution < 1.29 is 14.0 Å². The molecular weight excluding hydrogens is 343 g/mol. The van der Waals surface area contributed by atoms with E-state index < -0.39 is 5.82 Å². The van der Waals surface area contributed by atoms with Crippen LogP contribution in [0.1, 0.15) is 28.3 Å². The fourth-order valence-electron chi connectivity index (χ4n) is 2.83. The van der Waals surface area contributed by atoms with Gasteiger partial charge in [0.25, 0.3) is 5.91 Å². The molecule has 25 heavy (non-hydrogen) atoms. The van der Waals surface area contributed by atoms with Gasteiger partial charge in [0.1, 0.15) is 5.82 Å². The highest BCUT2D eigenvalue weighted by Gasteiger charge is 2.44. The van der Waals surface area contributed by atoms with Crippen molar-refractivity contribution in [1.82, 2.24) is 4.90 Å². The lowest BCUT2D eigenvalue weighted by molar-refractivity contribution is -0.117. The monoisotopic (exact) mass is 360 g/mol. The van der Waals surface area contributed by atoms with Crippen molar-refractivity contribution in [3.8, 4) is 0 Å². The third-order valence-corrected chi connectivity index (χ3v) is 4.52. The summed E-state index contributed by atoms with van der Waals surface area (Å²) in [6, 6.07) is 11.4. The van der Waals surface area contributed by atoms with Gasteiger partial charge >= 0.3 is 0 Å². The number of rotatable bonds is 4. The minimum atomic E-state index is -0.566. The number of amides is 2. The fourth-order valence-corrected chi connectivity index (χ4v) is 3.03. The zero-order valence-corrected chi connectivity index (χ0v) is 14.7. The summed E-state index contributed by atoms with van der Waals surface area (Å²) < 4.78 is 14.0. The molecule has 130 valence electrons. The Kier molecular flexibility index (Phi) is 4.77. The van der Waals surface area contributed by atoms with Crippen LogP contribution >= 0.6 is 11.6 Å². The standard InChI is InChI=1S/C19H18ClFN2O2/c1-23(2)19(25)12-6-7-16(21)17(9-12)22-18(24)15-10-14(15)11-4-3-5-13(20)8-11/h3-9,14-15H,10H2,1-2H3,(H,22,24). The molecule has 0 heterocycles. The average molecular weight is 361 g/mol. The molecule has 0 spiro atoms. The highest BCUT2D eigenvalue weighted by molar-refractivity contribution is 6.30. The maximum atomic E-state index is 14.0. The lowest BCUT2D eigenvalue weighted by atomic mass is 10.1. The van der Waals surface area contributed by atoms with Crippen LogP contribution in [0.5, 0.6) is 0 Å². The third-order valence-electron chi connectivity index (χ3n) is 4.28. The van der Waals surface area contributed by atoms with Crippen molar-refractivity contribution >= 4 is 29.1 Å². The summed E-state index contributed by atoms with van der Waals surface area (Å²) in [5.74, 6) is -1.19. The van der Waals surface area contributed by atoms with Crippen molar-refractivity contribution in [1.29, 1.82) is 0 Å². The smallest absolute Gasteiger partial charge is 0.253 e. The van der Waals surface area contributed by atoms with Gasteiger partial charge < -0.3 is 10.2 Å². The van der Waals surface area contributed by atoms with Crippen LogP contribution in [0.4, 0.5) is 10.1 Å². The van der Waals surface area contributed by atoms with E-state index in [1.54, 1.807) is 20.2 Å². The van der Waals surface area contributed by atoms with Crippen LogP contribution in [0.3, 0.4) is 0 Å². The molecule has 2 atom stereocenters. The molecule has 1 N–H and O–H groups in total. The Morgan fingerprint density at radius 2 is 1.96 bits per heavy atom. The molecule has 0 aromatic heterocycles. The highest BCUT2D eigenvalue weighted by Crippen LogP contribution is 2.48. The molecule has 1 aliphatic carbocycles. The van der Waals surface area contributed by atoms with Gasteiger partial charge in [-0.05, 0) is 48.2 Å². The molecule has 0 bridgehead atoms. The van der Waals surface area contributed by atoms with Gasteiger partial charge in [0.15, 0.2) is 0 Å². The number of halogens is 2. The second-order valence-electron chi connectivity index (χ2n) is 6.39. The Morgan fingerprint density at radius 1 is 1.20 bits per heavy atom. The van der Waals surface area contributed by atoms with Crippen LogP contribution in [0.2, 0.25) is 5.02 Å². The van der Waals surface area contributed by atoms with Gasteiger partial charge in [-0.3, -0.25) is 9.59 Å². The van der Waals surface area contributed by atoms with E-state index >= 15 is 0 Å². The number of hydrogen-bond donors (Lipinski definition) is 1. The molecule has 2 amide bonds. The van der Waals surface area contributed by atoms with E-state index in [1.807, 2.05) is 18.2 Å². The number of carbonyl (C=O) groups excluding carboxylic acids is 2. The molecule has 2 aromatic rings. The molecule has 1 aliphatic rings. The number of carbonyl (C=O) groups is 2. The molecule has 1 saturated carbocycles. The molecule has 0 radical (unpaired) electrons.